The van der Waals surface area contributed by atoms with E-state index in [1.54, 1.807) is 6.92 Å². The van der Waals surface area contributed by atoms with E-state index in [1.165, 1.54) is 17.0 Å². The van der Waals surface area contributed by atoms with E-state index in [1.807, 2.05) is 6.92 Å². The summed E-state index contributed by atoms with van der Waals surface area (Å²) < 4.78 is 0. The molecular weight excluding hydrogens is 250 g/mol. The number of aliphatic carboxylic acids is 1. The molecule has 1 unspecified atom stereocenters. The Bertz CT molecular complexity index is 486. The van der Waals surface area contributed by atoms with Crippen molar-refractivity contribution in [2.75, 3.05) is 6.54 Å². The minimum atomic E-state index is -1.12. The van der Waals surface area contributed by atoms with Gasteiger partial charge in [0.25, 0.3) is 5.91 Å². The van der Waals surface area contributed by atoms with Crippen LogP contribution >= 0.6 is 0 Å². The number of carbonyl (C=O) groups excluding carboxylic acids is 1. The summed E-state index contributed by atoms with van der Waals surface area (Å²) in [7, 11) is 0. The van der Waals surface area contributed by atoms with Crippen molar-refractivity contribution in [1.82, 2.24) is 4.90 Å². The van der Waals surface area contributed by atoms with Gasteiger partial charge in [-0.15, -0.1) is 0 Å². The number of hydrogen-bond donors (Lipinski definition) is 3. The third kappa shape index (κ3) is 3.61. The third-order valence-electron chi connectivity index (χ3n) is 2.90. The highest BCUT2D eigenvalue weighted by Gasteiger charge is 2.24. The maximum atomic E-state index is 12.2. The number of phenolic OH excluding ortho intramolecular Hbond substituents is 2. The van der Waals surface area contributed by atoms with Gasteiger partial charge < -0.3 is 20.2 Å². The number of benzene rings is 1. The van der Waals surface area contributed by atoms with Crippen LogP contribution in [0.1, 0.15) is 30.6 Å². The number of rotatable bonds is 5. The maximum Gasteiger partial charge on any atom is 0.323 e. The van der Waals surface area contributed by atoms with Crippen LogP contribution < -0.4 is 0 Å². The summed E-state index contributed by atoms with van der Waals surface area (Å²) in [5.41, 5.74) is -0.0284. The van der Waals surface area contributed by atoms with Gasteiger partial charge in [-0.1, -0.05) is 6.92 Å². The number of carboxylic acids is 1. The number of carboxylic acid groups (broad SMARTS) is 1. The second-order valence-electron chi connectivity index (χ2n) is 4.29. The summed E-state index contributed by atoms with van der Waals surface area (Å²) in [4.78, 5) is 24.2. The van der Waals surface area contributed by atoms with Crippen LogP contribution in [-0.2, 0) is 4.79 Å². The zero-order valence-electron chi connectivity index (χ0n) is 10.8. The van der Waals surface area contributed by atoms with Crippen LogP contribution in [0.3, 0.4) is 0 Å². The zero-order chi connectivity index (χ0) is 14.6. The highest BCUT2D eigenvalue weighted by molar-refractivity contribution is 5.98. The van der Waals surface area contributed by atoms with Crippen molar-refractivity contribution in [1.29, 1.82) is 0 Å². The Kier molecular flexibility index (Phi) is 4.74. The molecule has 1 atom stereocenters. The summed E-state index contributed by atoms with van der Waals surface area (Å²) in [6.07, 6.45) is 0.595. The third-order valence-corrected chi connectivity index (χ3v) is 2.90. The van der Waals surface area contributed by atoms with Gasteiger partial charge in [-0.3, -0.25) is 9.59 Å². The molecule has 0 aromatic heterocycles. The van der Waals surface area contributed by atoms with E-state index < -0.39 is 18.4 Å². The first-order valence-corrected chi connectivity index (χ1v) is 5.91. The van der Waals surface area contributed by atoms with Gasteiger partial charge in [0.05, 0.1) is 5.56 Å². The van der Waals surface area contributed by atoms with Crippen molar-refractivity contribution in [3.05, 3.63) is 23.8 Å². The van der Waals surface area contributed by atoms with Crippen LogP contribution in [0.15, 0.2) is 18.2 Å². The fourth-order valence-electron chi connectivity index (χ4n) is 1.65. The number of nitrogens with zero attached hydrogens (tertiary/aromatic N) is 1. The molecule has 1 amide bonds. The van der Waals surface area contributed by atoms with Crippen molar-refractivity contribution in [2.45, 2.75) is 26.3 Å². The van der Waals surface area contributed by atoms with Gasteiger partial charge in [0.1, 0.15) is 18.0 Å². The van der Waals surface area contributed by atoms with Crippen LogP contribution in [0.5, 0.6) is 11.5 Å². The largest absolute Gasteiger partial charge is 0.508 e. The molecule has 1 aromatic rings. The van der Waals surface area contributed by atoms with Crippen LogP contribution in [0.25, 0.3) is 0 Å². The van der Waals surface area contributed by atoms with E-state index in [0.717, 1.165) is 6.07 Å². The van der Waals surface area contributed by atoms with Gasteiger partial charge >= 0.3 is 5.97 Å². The minimum Gasteiger partial charge on any atom is -0.508 e. The smallest absolute Gasteiger partial charge is 0.323 e. The van der Waals surface area contributed by atoms with Crippen molar-refractivity contribution >= 4 is 11.9 Å². The summed E-state index contributed by atoms with van der Waals surface area (Å²) >= 11 is 0. The average Bonchev–Trinajstić information content (AvgIpc) is 2.34. The first-order chi connectivity index (χ1) is 8.86. The molecule has 1 aromatic carbocycles. The topological polar surface area (TPSA) is 98.1 Å². The second-order valence-corrected chi connectivity index (χ2v) is 4.29. The Balaban J connectivity index is 3.08. The fraction of sp³-hybridized carbons (Fsp3) is 0.385. The SMILES string of the molecule is CCC(C)N(CC(=O)O)C(=O)c1ccc(O)cc1O. The molecule has 0 aliphatic carbocycles. The van der Waals surface area contributed by atoms with Gasteiger partial charge in [0.2, 0.25) is 0 Å². The van der Waals surface area contributed by atoms with E-state index in [9.17, 15) is 19.8 Å². The van der Waals surface area contributed by atoms with Crippen LogP contribution in [0, 0.1) is 0 Å². The number of carbonyl (C=O) groups is 2. The van der Waals surface area contributed by atoms with Crippen molar-refractivity contribution < 1.29 is 24.9 Å². The second kappa shape index (κ2) is 6.08. The Hall–Kier alpha value is -2.24. The van der Waals surface area contributed by atoms with Crippen LogP contribution in [0.4, 0.5) is 0 Å². The van der Waals surface area contributed by atoms with Gasteiger partial charge in [-0.25, -0.2) is 0 Å². The predicted molar refractivity (Wildman–Crippen MR) is 68.2 cm³/mol. The molecular formula is C13H17NO5. The Labute approximate surface area is 110 Å². The average molecular weight is 267 g/mol. The summed E-state index contributed by atoms with van der Waals surface area (Å²) in [5, 5.41) is 27.7. The molecule has 104 valence electrons. The lowest BCUT2D eigenvalue weighted by molar-refractivity contribution is -0.138. The standard InChI is InChI=1S/C13H17NO5/c1-3-8(2)14(7-12(17)18)13(19)10-5-4-9(15)6-11(10)16/h4-6,8,15-16H,3,7H2,1-2H3,(H,17,18). The molecule has 0 spiro atoms. The van der Waals surface area contributed by atoms with Crippen molar-refractivity contribution in [3.63, 3.8) is 0 Å². The summed E-state index contributed by atoms with van der Waals surface area (Å²) in [5.74, 6) is -2.23. The Morgan fingerprint density at radius 1 is 1.32 bits per heavy atom. The van der Waals surface area contributed by atoms with E-state index in [4.69, 9.17) is 5.11 Å². The molecule has 0 radical (unpaired) electrons. The van der Waals surface area contributed by atoms with Gasteiger partial charge in [0.15, 0.2) is 0 Å². The van der Waals surface area contributed by atoms with E-state index in [-0.39, 0.29) is 23.1 Å². The molecule has 0 heterocycles. The van der Waals surface area contributed by atoms with Crippen molar-refractivity contribution in [2.24, 2.45) is 0 Å². The first kappa shape index (κ1) is 14.8. The number of aromatic hydroxyl groups is 2. The molecule has 1 rings (SSSR count). The van der Waals surface area contributed by atoms with Gasteiger partial charge in [-0.2, -0.15) is 0 Å². The molecule has 6 nitrogen and oxygen atoms in total. The molecule has 0 bridgehead atoms. The van der Waals surface area contributed by atoms with Crippen molar-refractivity contribution in [3.8, 4) is 11.5 Å². The molecule has 0 aliphatic heterocycles. The molecule has 0 saturated carbocycles. The quantitative estimate of drug-likeness (QED) is 0.749. The van der Waals surface area contributed by atoms with E-state index in [2.05, 4.69) is 0 Å². The Morgan fingerprint density at radius 3 is 2.42 bits per heavy atom. The number of hydrogen-bond acceptors (Lipinski definition) is 4. The molecule has 0 saturated heterocycles. The van der Waals surface area contributed by atoms with Crippen LogP contribution in [0.2, 0.25) is 0 Å². The molecule has 19 heavy (non-hydrogen) atoms. The number of amides is 1. The molecule has 0 aliphatic rings. The lowest BCUT2D eigenvalue weighted by atomic mass is 10.1. The monoisotopic (exact) mass is 267 g/mol. The minimum absolute atomic E-state index is 0.0284. The van der Waals surface area contributed by atoms with Gasteiger partial charge in [0, 0.05) is 12.1 Å². The molecule has 3 N–H and O–H groups in total. The fourth-order valence-corrected chi connectivity index (χ4v) is 1.65. The molecule has 6 heteroatoms. The van der Waals surface area contributed by atoms with E-state index in [0.29, 0.717) is 6.42 Å². The highest BCUT2D eigenvalue weighted by atomic mass is 16.4. The summed E-state index contributed by atoms with van der Waals surface area (Å²) in [6, 6.07) is 3.31. The maximum absolute atomic E-state index is 12.2. The zero-order valence-corrected chi connectivity index (χ0v) is 10.8. The predicted octanol–water partition coefficient (Wildman–Crippen LogP) is 1.42. The molecule has 0 fully saturated rings. The Morgan fingerprint density at radius 2 is 1.95 bits per heavy atom. The lowest BCUT2D eigenvalue weighted by Gasteiger charge is -2.27. The summed E-state index contributed by atoms with van der Waals surface area (Å²) in [6.45, 7) is 3.13. The highest BCUT2D eigenvalue weighted by Crippen LogP contribution is 2.24. The first-order valence-electron chi connectivity index (χ1n) is 5.91. The lowest BCUT2D eigenvalue weighted by Crippen LogP contribution is -2.41. The van der Waals surface area contributed by atoms with Gasteiger partial charge in [-0.05, 0) is 25.5 Å². The van der Waals surface area contributed by atoms with E-state index >= 15 is 0 Å². The number of phenols is 2. The van der Waals surface area contributed by atoms with Crippen LogP contribution in [-0.4, -0.2) is 44.7 Å². The normalized spacial score (nSPS) is 11.9.